The second-order valence-corrected chi connectivity index (χ2v) is 5.06. The van der Waals surface area contributed by atoms with Gasteiger partial charge in [0.05, 0.1) is 5.56 Å². The summed E-state index contributed by atoms with van der Waals surface area (Å²) in [6.07, 6.45) is 0.930. The van der Waals surface area contributed by atoms with Crippen LogP contribution in [-0.4, -0.2) is 54.5 Å². The molecule has 0 atom stereocenters. The van der Waals surface area contributed by atoms with Crippen molar-refractivity contribution in [3.05, 3.63) is 29.3 Å². The fourth-order valence-electron chi connectivity index (χ4n) is 1.97. The van der Waals surface area contributed by atoms with Crippen LogP contribution in [0.5, 0.6) is 5.75 Å². The fraction of sp³-hybridized carbons (Fsp3) is 0.533. The van der Waals surface area contributed by atoms with Crippen molar-refractivity contribution in [1.82, 2.24) is 9.80 Å². The standard InChI is InChI=1S/C15H24N2O2/c1-5-17(10-6-9-16(3)4)15(19)13-11-12(2)7-8-14(13)18/h7-8,11,18H,5-6,9-10H2,1-4H3. The zero-order chi connectivity index (χ0) is 14.4. The highest BCUT2D eigenvalue weighted by molar-refractivity contribution is 5.97. The molecule has 1 amide bonds. The van der Waals surface area contributed by atoms with Gasteiger partial charge in [0.25, 0.3) is 5.91 Å². The first-order chi connectivity index (χ1) is 8.95. The molecule has 1 rings (SSSR count). The van der Waals surface area contributed by atoms with Crippen molar-refractivity contribution < 1.29 is 9.90 Å². The Balaban J connectivity index is 2.75. The van der Waals surface area contributed by atoms with E-state index in [1.807, 2.05) is 27.9 Å². The van der Waals surface area contributed by atoms with Gasteiger partial charge >= 0.3 is 0 Å². The Morgan fingerprint density at radius 1 is 1.26 bits per heavy atom. The van der Waals surface area contributed by atoms with Gasteiger partial charge in [-0.25, -0.2) is 0 Å². The van der Waals surface area contributed by atoms with Crippen LogP contribution in [-0.2, 0) is 0 Å². The lowest BCUT2D eigenvalue weighted by molar-refractivity contribution is 0.0756. The molecular weight excluding hydrogens is 240 g/mol. The van der Waals surface area contributed by atoms with Crippen molar-refractivity contribution in [1.29, 1.82) is 0 Å². The van der Waals surface area contributed by atoms with Gasteiger partial charge in [-0.1, -0.05) is 11.6 Å². The van der Waals surface area contributed by atoms with E-state index < -0.39 is 0 Å². The number of benzene rings is 1. The number of rotatable bonds is 6. The second-order valence-electron chi connectivity index (χ2n) is 5.06. The molecule has 0 fully saturated rings. The molecule has 0 aromatic heterocycles. The molecule has 0 heterocycles. The number of hydrogen-bond acceptors (Lipinski definition) is 3. The van der Waals surface area contributed by atoms with Crippen molar-refractivity contribution >= 4 is 5.91 Å². The van der Waals surface area contributed by atoms with Crippen LogP contribution in [0.25, 0.3) is 0 Å². The predicted molar refractivity (Wildman–Crippen MR) is 77.6 cm³/mol. The van der Waals surface area contributed by atoms with Crippen LogP contribution >= 0.6 is 0 Å². The first kappa shape index (κ1) is 15.5. The molecule has 106 valence electrons. The van der Waals surface area contributed by atoms with Gasteiger partial charge < -0.3 is 14.9 Å². The lowest BCUT2D eigenvalue weighted by atomic mass is 10.1. The van der Waals surface area contributed by atoms with E-state index in [-0.39, 0.29) is 11.7 Å². The molecule has 0 bridgehead atoms. The van der Waals surface area contributed by atoms with Crippen LogP contribution in [0.3, 0.4) is 0 Å². The Morgan fingerprint density at radius 3 is 2.53 bits per heavy atom. The van der Waals surface area contributed by atoms with Crippen molar-refractivity contribution in [2.45, 2.75) is 20.3 Å². The molecule has 1 aromatic carbocycles. The maximum absolute atomic E-state index is 12.4. The molecule has 0 saturated heterocycles. The number of hydrogen-bond donors (Lipinski definition) is 1. The molecule has 1 N–H and O–H groups in total. The Kier molecular flexibility index (Phi) is 5.83. The van der Waals surface area contributed by atoms with Gasteiger partial charge in [0.1, 0.15) is 5.75 Å². The summed E-state index contributed by atoms with van der Waals surface area (Å²) in [5, 5.41) is 9.81. The summed E-state index contributed by atoms with van der Waals surface area (Å²) in [5.41, 5.74) is 1.37. The third kappa shape index (κ3) is 4.56. The minimum atomic E-state index is -0.0949. The summed E-state index contributed by atoms with van der Waals surface area (Å²) < 4.78 is 0. The highest BCUT2D eigenvalue weighted by atomic mass is 16.3. The monoisotopic (exact) mass is 264 g/mol. The van der Waals surface area contributed by atoms with E-state index in [2.05, 4.69) is 4.90 Å². The van der Waals surface area contributed by atoms with Crippen molar-refractivity contribution in [3.8, 4) is 5.75 Å². The summed E-state index contributed by atoms with van der Waals surface area (Å²) in [4.78, 5) is 16.3. The quantitative estimate of drug-likeness (QED) is 0.856. The number of phenols is 1. The highest BCUT2D eigenvalue weighted by Gasteiger charge is 2.17. The Labute approximate surface area is 115 Å². The smallest absolute Gasteiger partial charge is 0.257 e. The molecule has 0 unspecified atom stereocenters. The van der Waals surface area contributed by atoms with Crippen LogP contribution in [0.1, 0.15) is 29.3 Å². The van der Waals surface area contributed by atoms with E-state index in [4.69, 9.17) is 0 Å². The summed E-state index contributed by atoms with van der Waals surface area (Å²) in [6.45, 7) is 6.18. The number of aromatic hydroxyl groups is 1. The van der Waals surface area contributed by atoms with Crippen molar-refractivity contribution in [2.75, 3.05) is 33.7 Å². The van der Waals surface area contributed by atoms with Gasteiger partial charge in [0, 0.05) is 13.1 Å². The Morgan fingerprint density at radius 2 is 1.95 bits per heavy atom. The highest BCUT2D eigenvalue weighted by Crippen LogP contribution is 2.20. The molecule has 19 heavy (non-hydrogen) atoms. The van der Waals surface area contributed by atoms with Crippen LogP contribution in [0, 0.1) is 6.92 Å². The normalized spacial score (nSPS) is 10.8. The molecular formula is C15H24N2O2. The molecule has 0 spiro atoms. The molecule has 0 saturated carbocycles. The van der Waals surface area contributed by atoms with Gasteiger partial charge in [-0.05, 0) is 53.0 Å². The number of aryl methyl sites for hydroxylation is 1. The van der Waals surface area contributed by atoms with Gasteiger partial charge in [0.2, 0.25) is 0 Å². The van der Waals surface area contributed by atoms with E-state index in [1.165, 1.54) is 0 Å². The summed E-state index contributed by atoms with van der Waals surface area (Å²) in [7, 11) is 4.04. The SMILES string of the molecule is CCN(CCCN(C)C)C(=O)c1cc(C)ccc1O. The molecule has 0 aliphatic carbocycles. The van der Waals surface area contributed by atoms with E-state index in [1.54, 1.807) is 23.1 Å². The first-order valence-corrected chi connectivity index (χ1v) is 6.69. The lowest BCUT2D eigenvalue weighted by Gasteiger charge is -2.22. The van der Waals surface area contributed by atoms with Crippen LogP contribution in [0.4, 0.5) is 0 Å². The third-order valence-electron chi connectivity index (χ3n) is 3.08. The molecule has 0 aliphatic heterocycles. The third-order valence-corrected chi connectivity index (χ3v) is 3.08. The van der Waals surface area contributed by atoms with Gasteiger partial charge in [-0.2, -0.15) is 0 Å². The average Bonchev–Trinajstić information content (AvgIpc) is 2.36. The van der Waals surface area contributed by atoms with Crippen molar-refractivity contribution in [3.63, 3.8) is 0 Å². The number of nitrogens with zero attached hydrogens (tertiary/aromatic N) is 2. The molecule has 0 radical (unpaired) electrons. The molecule has 0 aliphatic rings. The van der Waals surface area contributed by atoms with Crippen LogP contribution in [0.15, 0.2) is 18.2 Å². The van der Waals surface area contributed by atoms with E-state index >= 15 is 0 Å². The zero-order valence-electron chi connectivity index (χ0n) is 12.3. The van der Waals surface area contributed by atoms with Gasteiger partial charge in [-0.15, -0.1) is 0 Å². The van der Waals surface area contributed by atoms with E-state index in [0.717, 1.165) is 18.5 Å². The van der Waals surface area contributed by atoms with E-state index in [9.17, 15) is 9.90 Å². The van der Waals surface area contributed by atoms with Crippen LogP contribution < -0.4 is 0 Å². The minimum absolute atomic E-state index is 0.0571. The first-order valence-electron chi connectivity index (χ1n) is 6.69. The van der Waals surface area contributed by atoms with Crippen LogP contribution in [0.2, 0.25) is 0 Å². The van der Waals surface area contributed by atoms with Gasteiger partial charge in [0.15, 0.2) is 0 Å². The van der Waals surface area contributed by atoms with Crippen molar-refractivity contribution in [2.24, 2.45) is 0 Å². The van der Waals surface area contributed by atoms with Gasteiger partial charge in [-0.3, -0.25) is 4.79 Å². The summed E-state index contributed by atoms with van der Waals surface area (Å²) in [6, 6.07) is 5.12. The minimum Gasteiger partial charge on any atom is -0.507 e. The largest absolute Gasteiger partial charge is 0.507 e. The zero-order valence-corrected chi connectivity index (χ0v) is 12.3. The maximum Gasteiger partial charge on any atom is 0.257 e. The second kappa shape index (κ2) is 7.14. The number of carbonyl (C=O) groups is 1. The summed E-state index contributed by atoms with van der Waals surface area (Å²) >= 11 is 0. The molecule has 4 nitrogen and oxygen atoms in total. The molecule has 4 heteroatoms. The predicted octanol–water partition coefficient (Wildman–Crippen LogP) is 2.11. The fourth-order valence-corrected chi connectivity index (χ4v) is 1.97. The number of amides is 1. The van der Waals surface area contributed by atoms with E-state index in [0.29, 0.717) is 18.7 Å². The number of carbonyl (C=O) groups excluding carboxylic acids is 1. The lowest BCUT2D eigenvalue weighted by Crippen LogP contribution is -2.33. The Bertz CT molecular complexity index is 430. The molecule has 1 aromatic rings. The summed E-state index contributed by atoms with van der Waals surface area (Å²) in [5.74, 6) is -0.0379. The Hall–Kier alpha value is -1.55. The number of phenolic OH excluding ortho intramolecular Hbond substituents is 1. The average molecular weight is 264 g/mol. The maximum atomic E-state index is 12.4. The topological polar surface area (TPSA) is 43.8 Å².